The van der Waals surface area contributed by atoms with Crippen LogP contribution >= 0.6 is 0 Å². The van der Waals surface area contributed by atoms with Gasteiger partial charge in [-0.15, -0.1) is 0 Å². The minimum absolute atomic E-state index is 0.596. The Balaban J connectivity index is 2.35. The fourth-order valence-electron chi connectivity index (χ4n) is 2.18. The smallest absolute Gasteiger partial charge is 0.228 e. The molecule has 1 aliphatic rings. The largest absolute Gasteiger partial charge is 0.481 e. The van der Waals surface area contributed by atoms with Crippen LogP contribution in [-0.4, -0.2) is 37.2 Å². The summed E-state index contributed by atoms with van der Waals surface area (Å²) in [6.07, 6.45) is 4.45. The van der Waals surface area contributed by atoms with Crippen molar-refractivity contribution in [2.24, 2.45) is 5.73 Å². The van der Waals surface area contributed by atoms with Crippen molar-refractivity contribution in [3.8, 4) is 5.88 Å². The van der Waals surface area contributed by atoms with Gasteiger partial charge in [-0.3, -0.25) is 0 Å². The fraction of sp³-hybridized carbons (Fsp3) is 0.667. The first-order valence-corrected chi connectivity index (χ1v) is 6.11. The first-order valence-electron chi connectivity index (χ1n) is 6.11. The number of aryl methyl sites for hydroxylation is 1. The van der Waals surface area contributed by atoms with Gasteiger partial charge < -0.3 is 15.4 Å². The molecule has 1 aromatic rings. The average molecular weight is 236 g/mol. The average Bonchev–Trinajstić information content (AvgIpc) is 2.37. The van der Waals surface area contributed by atoms with E-state index in [2.05, 4.69) is 9.97 Å². The molecule has 1 aromatic heterocycles. The maximum absolute atomic E-state index is 5.55. The lowest BCUT2D eigenvalue weighted by molar-refractivity contribution is 0.387. The molecule has 5 nitrogen and oxygen atoms in total. The molecule has 0 saturated carbocycles. The zero-order valence-electron chi connectivity index (χ0n) is 10.6. The van der Waals surface area contributed by atoms with Crippen LogP contribution < -0.4 is 15.4 Å². The minimum Gasteiger partial charge on any atom is -0.481 e. The first-order chi connectivity index (χ1) is 8.26. The van der Waals surface area contributed by atoms with Gasteiger partial charge in [-0.05, 0) is 25.7 Å². The Hall–Kier alpha value is -1.36. The lowest BCUT2D eigenvalue weighted by Gasteiger charge is -2.22. The highest BCUT2D eigenvalue weighted by molar-refractivity contribution is 5.41. The van der Waals surface area contributed by atoms with Gasteiger partial charge in [-0.2, -0.15) is 4.98 Å². The van der Waals surface area contributed by atoms with E-state index in [0.29, 0.717) is 12.5 Å². The van der Waals surface area contributed by atoms with E-state index < -0.39 is 0 Å². The Bertz CT molecular complexity index is 377. The zero-order valence-corrected chi connectivity index (χ0v) is 10.6. The van der Waals surface area contributed by atoms with Gasteiger partial charge in [-0.1, -0.05) is 0 Å². The van der Waals surface area contributed by atoms with Crippen molar-refractivity contribution < 1.29 is 4.74 Å². The van der Waals surface area contributed by atoms with Crippen LogP contribution in [0, 0.1) is 0 Å². The second kappa shape index (κ2) is 5.31. The molecule has 0 saturated heterocycles. The van der Waals surface area contributed by atoms with E-state index in [-0.39, 0.29) is 0 Å². The molecule has 0 unspecified atom stereocenters. The summed E-state index contributed by atoms with van der Waals surface area (Å²) in [4.78, 5) is 11.0. The third-order valence-corrected chi connectivity index (χ3v) is 3.13. The van der Waals surface area contributed by atoms with E-state index in [0.717, 1.165) is 31.0 Å². The van der Waals surface area contributed by atoms with Gasteiger partial charge in [0.2, 0.25) is 11.8 Å². The molecular formula is C12H20N4O. The second-order valence-electron chi connectivity index (χ2n) is 4.38. The summed E-state index contributed by atoms with van der Waals surface area (Å²) in [5.74, 6) is 1.45. The Labute approximate surface area is 102 Å². The molecule has 2 rings (SSSR count). The highest BCUT2D eigenvalue weighted by Crippen LogP contribution is 2.28. The number of methoxy groups -OCH3 is 1. The summed E-state index contributed by atoms with van der Waals surface area (Å²) < 4.78 is 5.37. The van der Waals surface area contributed by atoms with Crippen molar-refractivity contribution in [3.05, 3.63) is 11.3 Å². The Kier molecular flexibility index (Phi) is 3.78. The van der Waals surface area contributed by atoms with Gasteiger partial charge in [0, 0.05) is 25.7 Å². The Morgan fingerprint density at radius 3 is 2.76 bits per heavy atom. The number of hydrogen-bond donors (Lipinski definition) is 1. The highest BCUT2D eigenvalue weighted by Gasteiger charge is 2.19. The molecule has 5 heteroatoms. The summed E-state index contributed by atoms with van der Waals surface area (Å²) >= 11 is 0. The third kappa shape index (κ3) is 2.49. The summed E-state index contributed by atoms with van der Waals surface area (Å²) in [6, 6.07) is 0. The van der Waals surface area contributed by atoms with Crippen LogP contribution in [0.3, 0.4) is 0 Å². The predicted octanol–water partition coefficient (Wildman–Crippen LogP) is 0.759. The predicted molar refractivity (Wildman–Crippen MR) is 67.6 cm³/mol. The zero-order chi connectivity index (χ0) is 12.3. The molecule has 1 aliphatic carbocycles. The van der Waals surface area contributed by atoms with Crippen molar-refractivity contribution in [1.29, 1.82) is 0 Å². The van der Waals surface area contributed by atoms with Crippen molar-refractivity contribution in [3.63, 3.8) is 0 Å². The van der Waals surface area contributed by atoms with Gasteiger partial charge in [0.15, 0.2) is 0 Å². The van der Waals surface area contributed by atoms with Crippen LogP contribution in [-0.2, 0) is 12.8 Å². The molecule has 0 fully saturated rings. The maximum Gasteiger partial charge on any atom is 0.228 e. The van der Waals surface area contributed by atoms with Crippen LogP contribution in [0.4, 0.5) is 5.95 Å². The van der Waals surface area contributed by atoms with Crippen LogP contribution in [0.2, 0.25) is 0 Å². The molecule has 0 spiro atoms. The van der Waals surface area contributed by atoms with E-state index in [1.165, 1.54) is 18.4 Å². The topological polar surface area (TPSA) is 64.3 Å². The van der Waals surface area contributed by atoms with Crippen LogP contribution in [0.5, 0.6) is 5.88 Å². The summed E-state index contributed by atoms with van der Waals surface area (Å²) in [5.41, 5.74) is 7.87. The number of ether oxygens (including phenoxy) is 1. The van der Waals surface area contributed by atoms with Crippen LogP contribution in [0.25, 0.3) is 0 Å². The van der Waals surface area contributed by atoms with E-state index in [1.807, 2.05) is 11.9 Å². The van der Waals surface area contributed by atoms with Gasteiger partial charge in [0.05, 0.1) is 12.8 Å². The van der Waals surface area contributed by atoms with E-state index in [1.54, 1.807) is 7.11 Å². The van der Waals surface area contributed by atoms with Gasteiger partial charge in [-0.25, -0.2) is 4.98 Å². The van der Waals surface area contributed by atoms with Gasteiger partial charge >= 0.3 is 0 Å². The molecule has 94 valence electrons. The van der Waals surface area contributed by atoms with Crippen LogP contribution in [0.15, 0.2) is 0 Å². The number of hydrogen-bond acceptors (Lipinski definition) is 5. The lowest BCUT2D eigenvalue weighted by Crippen LogP contribution is -2.27. The molecule has 0 aromatic carbocycles. The number of anilines is 1. The Morgan fingerprint density at radius 1 is 1.29 bits per heavy atom. The summed E-state index contributed by atoms with van der Waals surface area (Å²) in [6.45, 7) is 1.35. The molecule has 0 radical (unpaired) electrons. The van der Waals surface area contributed by atoms with E-state index in [9.17, 15) is 0 Å². The van der Waals surface area contributed by atoms with Crippen molar-refractivity contribution in [2.75, 3.05) is 32.1 Å². The lowest BCUT2D eigenvalue weighted by atomic mass is 9.97. The normalized spacial score (nSPS) is 14.3. The summed E-state index contributed by atoms with van der Waals surface area (Å²) in [7, 11) is 3.63. The molecule has 0 atom stereocenters. The van der Waals surface area contributed by atoms with Gasteiger partial charge in [0.1, 0.15) is 0 Å². The minimum atomic E-state index is 0.596. The molecule has 2 N–H and O–H groups in total. The quantitative estimate of drug-likeness (QED) is 0.836. The SMILES string of the molecule is COc1nc(N(C)CCN)nc2c1CCCC2. The molecule has 17 heavy (non-hydrogen) atoms. The number of fused-ring (bicyclic) bond motifs is 1. The third-order valence-electron chi connectivity index (χ3n) is 3.13. The van der Waals surface area contributed by atoms with E-state index >= 15 is 0 Å². The molecule has 0 amide bonds. The molecule has 1 heterocycles. The summed E-state index contributed by atoms with van der Waals surface area (Å²) in [5, 5.41) is 0. The fourth-order valence-corrected chi connectivity index (χ4v) is 2.18. The number of likely N-dealkylation sites (N-methyl/N-ethyl adjacent to an activating group) is 1. The monoisotopic (exact) mass is 236 g/mol. The van der Waals surface area contributed by atoms with Crippen LogP contribution in [0.1, 0.15) is 24.1 Å². The standard InChI is InChI=1S/C12H20N4O/c1-16(8-7-13)12-14-10-6-4-3-5-9(10)11(15-12)17-2/h3-8,13H2,1-2H3. The molecule has 0 bridgehead atoms. The number of nitrogens with zero attached hydrogens (tertiary/aromatic N) is 3. The van der Waals surface area contributed by atoms with E-state index in [4.69, 9.17) is 10.5 Å². The number of aromatic nitrogens is 2. The molecule has 0 aliphatic heterocycles. The van der Waals surface area contributed by atoms with Crippen molar-refractivity contribution >= 4 is 5.95 Å². The second-order valence-corrected chi connectivity index (χ2v) is 4.38. The van der Waals surface area contributed by atoms with Gasteiger partial charge in [0.25, 0.3) is 0 Å². The number of rotatable bonds is 4. The number of nitrogens with two attached hydrogens (primary N) is 1. The maximum atomic E-state index is 5.55. The molecular weight excluding hydrogens is 216 g/mol. The Morgan fingerprint density at radius 2 is 2.06 bits per heavy atom. The first kappa shape index (κ1) is 12.1. The van der Waals surface area contributed by atoms with Crippen molar-refractivity contribution in [1.82, 2.24) is 9.97 Å². The highest BCUT2D eigenvalue weighted by atomic mass is 16.5. The van der Waals surface area contributed by atoms with Crippen molar-refractivity contribution in [2.45, 2.75) is 25.7 Å².